The Morgan fingerprint density at radius 2 is 2.11 bits per heavy atom. The maximum atomic E-state index is 12.3. The minimum Gasteiger partial charge on any atom is -0.328 e. The molecule has 0 radical (unpaired) electrons. The molecule has 2 unspecified atom stereocenters. The molecule has 1 aliphatic heterocycles. The van der Waals surface area contributed by atoms with Crippen LogP contribution in [0, 0.1) is 12.8 Å². The van der Waals surface area contributed by atoms with Crippen LogP contribution >= 0.6 is 15.9 Å². The molecular formula is C16H16BrNO. The van der Waals surface area contributed by atoms with E-state index < -0.39 is 4.32 Å². The van der Waals surface area contributed by atoms with Crippen LogP contribution < -0.4 is 5.32 Å². The van der Waals surface area contributed by atoms with Crippen LogP contribution in [-0.2, 0) is 11.2 Å². The molecule has 1 saturated heterocycles. The van der Waals surface area contributed by atoms with E-state index in [-0.39, 0.29) is 11.8 Å². The highest BCUT2D eigenvalue weighted by molar-refractivity contribution is 9.10. The van der Waals surface area contributed by atoms with Crippen molar-refractivity contribution < 1.29 is 4.79 Å². The van der Waals surface area contributed by atoms with Gasteiger partial charge in [-0.25, -0.2) is 0 Å². The number of allylic oxidation sites excluding steroid dienone is 4. The van der Waals surface area contributed by atoms with Gasteiger partial charge in [0.05, 0.1) is 0 Å². The molecule has 1 aromatic carbocycles. The van der Waals surface area contributed by atoms with Crippen molar-refractivity contribution in [1.82, 2.24) is 5.32 Å². The van der Waals surface area contributed by atoms with E-state index in [0.717, 1.165) is 18.5 Å². The first-order chi connectivity index (χ1) is 9.09. The first-order valence-electron chi connectivity index (χ1n) is 6.52. The third-order valence-corrected chi connectivity index (χ3v) is 5.12. The van der Waals surface area contributed by atoms with Crippen molar-refractivity contribution in [3.05, 3.63) is 59.3 Å². The third-order valence-electron chi connectivity index (χ3n) is 3.93. The molecule has 1 amide bonds. The highest BCUT2D eigenvalue weighted by atomic mass is 79.9. The topological polar surface area (TPSA) is 29.1 Å². The highest BCUT2D eigenvalue weighted by Gasteiger charge is 2.50. The molecule has 2 atom stereocenters. The normalized spacial score (nSPS) is 28.8. The van der Waals surface area contributed by atoms with Crippen molar-refractivity contribution in [2.24, 2.45) is 5.92 Å². The van der Waals surface area contributed by atoms with Crippen LogP contribution in [0.4, 0.5) is 0 Å². The average molecular weight is 318 g/mol. The van der Waals surface area contributed by atoms with Gasteiger partial charge in [-0.15, -0.1) is 0 Å². The number of fused-ring (bicyclic) bond motifs is 1. The summed E-state index contributed by atoms with van der Waals surface area (Å²) in [6.45, 7) is 2.07. The number of rotatable bonds is 2. The van der Waals surface area contributed by atoms with Gasteiger partial charge in [0, 0.05) is 11.6 Å². The molecule has 3 heteroatoms. The van der Waals surface area contributed by atoms with Crippen LogP contribution in [0.5, 0.6) is 0 Å². The van der Waals surface area contributed by atoms with E-state index in [0.29, 0.717) is 0 Å². The maximum Gasteiger partial charge on any atom is 0.242 e. The van der Waals surface area contributed by atoms with Crippen LogP contribution in [-0.4, -0.2) is 10.2 Å². The van der Waals surface area contributed by atoms with Gasteiger partial charge in [-0.2, -0.15) is 0 Å². The van der Waals surface area contributed by atoms with Gasteiger partial charge in [0.15, 0.2) is 0 Å². The van der Waals surface area contributed by atoms with E-state index >= 15 is 0 Å². The number of aryl methyl sites for hydroxylation is 1. The summed E-state index contributed by atoms with van der Waals surface area (Å²) in [5.41, 5.74) is 3.47. The summed E-state index contributed by atoms with van der Waals surface area (Å²) < 4.78 is -0.515. The van der Waals surface area contributed by atoms with Crippen LogP contribution in [0.15, 0.2) is 48.2 Å². The van der Waals surface area contributed by atoms with Crippen molar-refractivity contribution in [3.63, 3.8) is 0 Å². The molecular weight excluding hydrogens is 302 g/mol. The van der Waals surface area contributed by atoms with Crippen molar-refractivity contribution in [2.75, 3.05) is 0 Å². The maximum absolute atomic E-state index is 12.3. The molecule has 0 bridgehead atoms. The number of nitrogens with one attached hydrogen (secondary N) is 1. The van der Waals surface area contributed by atoms with Crippen molar-refractivity contribution in [3.8, 4) is 0 Å². The van der Waals surface area contributed by atoms with Crippen molar-refractivity contribution >= 4 is 21.8 Å². The number of benzene rings is 1. The monoisotopic (exact) mass is 317 g/mol. The number of carbonyl (C=O) groups excluding carboxylic acids is 1. The standard InChI is InChI=1S/C16H16BrNO/c1-11-6-8-12(9-7-11)10-16(17)13-4-2-3-5-14(13)18-15(16)19/h2-3,5-9,13H,4,10H2,1H3,(H,18,19). The fraction of sp³-hybridized carbons (Fsp3) is 0.312. The Balaban J connectivity index is 1.90. The van der Waals surface area contributed by atoms with Gasteiger partial charge in [-0.1, -0.05) is 57.9 Å². The quantitative estimate of drug-likeness (QED) is 0.833. The average Bonchev–Trinajstić information content (AvgIpc) is 2.65. The Bertz CT molecular complexity index is 573. The lowest BCUT2D eigenvalue weighted by Crippen LogP contribution is -2.38. The smallest absolute Gasteiger partial charge is 0.242 e. The largest absolute Gasteiger partial charge is 0.328 e. The van der Waals surface area contributed by atoms with E-state index in [4.69, 9.17) is 0 Å². The molecule has 0 aromatic heterocycles. The predicted molar refractivity (Wildman–Crippen MR) is 80.0 cm³/mol. The highest BCUT2D eigenvalue weighted by Crippen LogP contribution is 2.44. The lowest BCUT2D eigenvalue weighted by molar-refractivity contribution is -0.121. The summed E-state index contributed by atoms with van der Waals surface area (Å²) in [5.74, 6) is 0.291. The fourth-order valence-electron chi connectivity index (χ4n) is 2.79. The summed E-state index contributed by atoms with van der Waals surface area (Å²) >= 11 is 3.72. The van der Waals surface area contributed by atoms with Crippen molar-refractivity contribution in [1.29, 1.82) is 0 Å². The van der Waals surface area contributed by atoms with E-state index in [1.54, 1.807) is 0 Å². The molecule has 19 heavy (non-hydrogen) atoms. The van der Waals surface area contributed by atoms with E-state index in [1.807, 2.05) is 12.2 Å². The van der Waals surface area contributed by atoms with Gasteiger partial charge in [-0.05, 0) is 31.4 Å². The molecule has 2 aliphatic rings. The number of carbonyl (C=O) groups is 1. The number of hydrogen-bond donors (Lipinski definition) is 1. The molecule has 2 nitrogen and oxygen atoms in total. The molecule has 3 rings (SSSR count). The molecule has 1 fully saturated rings. The van der Waals surface area contributed by atoms with Gasteiger partial charge in [0.25, 0.3) is 0 Å². The van der Waals surface area contributed by atoms with E-state index in [1.165, 1.54) is 11.1 Å². The first-order valence-corrected chi connectivity index (χ1v) is 7.31. The zero-order valence-electron chi connectivity index (χ0n) is 10.8. The van der Waals surface area contributed by atoms with E-state index in [2.05, 4.69) is 58.5 Å². The van der Waals surface area contributed by atoms with Gasteiger partial charge in [0.1, 0.15) is 4.32 Å². The SMILES string of the molecule is Cc1ccc(CC2(Br)C(=O)NC3=CC=CCC32)cc1. The Hall–Kier alpha value is -1.35. The van der Waals surface area contributed by atoms with Crippen LogP contribution in [0.1, 0.15) is 17.5 Å². The predicted octanol–water partition coefficient (Wildman–Crippen LogP) is 3.26. The molecule has 98 valence electrons. The van der Waals surface area contributed by atoms with Crippen LogP contribution in [0.25, 0.3) is 0 Å². The zero-order valence-corrected chi connectivity index (χ0v) is 12.4. The molecule has 1 aromatic rings. The van der Waals surface area contributed by atoms with Gasteiger partial charge >= 0.3 is 0 Å². The summed E-state index contributed by atoms with van der Waals surface area (Å²) in [5, 5.41) is 3.00. The zero-order chi connectivity index (χ0) is 13.5. The lowest BCUT2D eigenvalue weighted by Gasteiger charge is -2.27. The molecule has 1 heterocycles. The first kappa shape index (κ1) is 12.7. The van der Waals surface area contributed by atoms with Crippen LogP contribution in [0.2, 0.25) is 0 Å². The minimum atomic E-state index is -0.515. The molecule has 0 saturated carbocycles. The fourth-order valence-corrected chi connectivity index (χ4v) is 3.65. The summed E-state index contributed by atoms with van der Waals surface area (Å²) in [7, 11) is 0. The van der Waals surface area contributed by atoms with Crippen LogP contribution in [0.3, 0.4) is 0 Å². The minimum absolute atomic E-state index is 0.0769. The van der Waals surface area contributed by atoms with Gasteiger partial charge in [0.2, 0.25) is 5.91 Å². The third kappa shape index (κ3) is 2.16. The Morgan fingerprint density at radius 3 is 2.84 bits per heavy atom. The summed E-state index contributed by atoms with van der Waals surface area (Å²) in [4.78, 5) is 12.3. The summed E-state index contributed by atoms with van der Waals surface area (Å²) in [6.07, 6.45) is 7.76. The second-order valence-electron chi connectivity index (χ2n) is 5.32. The number of alkyl halides is 1. The second kappa shape index (κ2) is 4.64. The second-order valence-corrected chi connectivity index (χ2v) is 6.73. The summed E-state index contributed by atoms with van der Waals surface area (Å²) in [6, 6.07) is 8.39. The number of amides is 1. The van der Waals surface area contributed by atoms with E-state index in [9.17, 15) is 4.79 Å². The van der Waals surface area contributed by atoms with Gasteiger partial charge < -0.3 is 5.32 Å². The Labute approximate surface area is 121 Å². The Kier molecular flexibility index (Phi) is 3.09. The van der Waals surface area contributed by atoms with Crippen molar-refractivity contribution in [2.45, 2.75) is 24.1 Å². The lowest BCUT2D eigenvalue weighted by atomic mass is 9.83. The number of halogens is 1. The molecule has 0 spiro atoms. The number of hydrogen-bond acceptors (Lipinski definition) is 1. The van der Waals surface area contributed by atoms with Gasteiger partial charge in [-0.3, -0.25) is 4.79 Å². The molecule has 1 aliphatic carbocycles. The Morgan fingerprint density at radius 1 is 1.37 bits per heavy atom. The molecule has 1 N–H and O–H groups in total.